The first-order valence-electron chi connectivity index (χ1n) is 1.26. The van der Waals surface area contributed by atoms with Gasteiger partial charge in [0, 0.05) is 0 Å². The first-order valence-corrected chi connectivity index (χ1v) is 3.45. The average molecular weight is 162 g/mol. The highest BCUT2D eigenvalue weighted by Crippen LogP contribution is 1.73. The van der Waals surface area contributed by atoms with E-state index in [0.29, 0.717) is 0 Å². The second-order valence-electron chi connectivity index (χ2n) is 0.596. The van der Waals surface area contributed by atoms with Gasteiger partial charge in [0.1, 0.15) is 0 Å². The van der Waals surface area contributed by atoms with Crippen LogP contribution in [0.2, 0.25) is 0 Å². The van der Waals surface area contributed by atoms with Crippen LogP contribution < -0.4 is 0 Å². The lowest BCUT2D eigenvalue weighted by atomic mass is 14.9. The molecule has 0 rings (SSSR count). The maximum atomic E-state index is 9.33. The van der Waals surface area contributed by atoms with Crippen LogP contribution in [-0.4, -0.2) is 16.8 Å². The van der Waals surface area contributed by atoms with E-state index in [1.165, 1.54) is 0 Å². The molecule has 6 nitrogen and oxygen atoms in total. The molecule has 8 heteroatoms. The van der Waals surface area contributed by atoms with Crippen molar-refractivity contribution in [1.29, 1.82) is 0 Å². The predicted octanol–water partition coefficient (Wildman–Crippen LogP) is -2.01. The standard InChI is InChI=1S/H2O6S2/c1-7(2)5-6-8(3)4/h7-8H. The van der Waals surface area contributed by atoms with E-state index < -0.39 is 22.0 Å². The molecule has 0 aliphatic carbocycles. The molecule has 0 amide bonds. The number of rotatable bonds is 3. The zero-order valence-electron chi connectivity index (χ0n) is 3.34. The monoisotopic (exact) mass is 162 g/mol. The van der Waals surface area contributed by atoms with Gasteiger partial charge in [0.2, 0.25) is 0 Å². The molecule has 0 fully saturated rings. The largest absolute Gasteiger partial charge is 0.284 e. The summed E-state index contributed by atoms with van der Waals surface area (Å²) in [6.45, 7) is 0. The Morgan fingerprint density at radius 3 is 1.12 bits per heavy atom. The molecule has 0 saturated heterocycles. The molecule has 50 valence electrons. The van der Waals surface area contributed by atoms with Crippen LogP contribution in [0.3, 0.4) is 0 Å². The summed E-state index contributed by atoms with van der Waals surface area (Å²) in [6, 6.07) is 0. The Bertz CT molecular complexity index is 145. The smallest absolute Gasteiger partial charge is 0.200 e. The maximum Gasteiger partial charge on any atom is 0.284 e. The molecule has 0 aromatic rings. The zero-order valence-corrected chi connectivity index (χ0v) is 5.13. The lowest BCUT2D eigenvalue weighted by Crippen LogP contribution is -1.88. The fourth-order valence-corrected chi connectivity index (χ4v) is 0.490. The van der Waals surface area contributed by atoms with Gasteiger partial charge < -0.3 is 0 Å². The Morgan fingerprint density at radius 1 is 0.750 bits per heavy atom. The molecule has 0 unspecified atom stereocenters. The molecule has 0 aromatic heterocycles. The Kier molecular flexibility index (Phi) is 3.69. The fraction of sp³-hybridized carbons (Fsp3) is 0. The molecule has 8 heavy (non-hydrogen) atoms. The molecule has 0 radical (unpaired) electrons. The number of hydrogen-bond acceptors (Lipinski definition) is 6. The van der Waals surface area contributed by atoms with E-state index in [9.17, 15) is 16.8 Å². The Labute approximate surface area is 48.3 Å². The van der Waals surface area contributed by atoms with E-state index in [1.54, 1.807) is 0 Å². The van der Waals surface area contributed by atoms with Crippen molar-refractivity contribution in [3.8, 4) is 0 Å². The van der Waals surface area contributed by atoms with Crippen molar-refractivity contribution in [2.45, 2.75) is 0 Å². The summed E-state index contributed by atoms with van der Waals surface area (Å²) < 4.78 is 43.6. The van der Waals surface area contributed by atoms with Crippen LogP contribution in [0.25, 0.3) is 0 Å². The first kappa shape index (κ1) is 7.82. The lowest BCUT2D eigenvalue weighted by molar-refractivity contribution is -0.0743. The summed E-state index contributed by atoms with van der Waals surface area (Å²) in [7, 11) is -6.48. The molecule has 0 heterocycles. The van der Waals surface area contributed by atoms with Crippen molar-refractivity contribution >= 4 is 22.0 Å². The molecule has 0 atom stereocenters. The van der Waals surface area contributed by atoms with Crippen molar-refractivity contribution < 1.29 is 25.5 Å². The van der Waals surface area contributed by atoms with Crippen LogP contribution >= 0.6 is 0 Å². The first-order chi connectivity index (χ1) is 3.63. The summed E-state index contributed by atoms with van der Waals surface area (Å²) in [5.41, 5.74) is 0. The van der Waals surface area contributed by atoms with Gasteiger partial charge in [-0.15, -0.1) is 0 Å². The minimum atomic E-state index is -3.24. The van der Waals surface area contributed by atoms with Gasteiger partial charge in [-0.1, -0.05) is 8.67 Å². The Balaban J connectivity index is 3.48. The van der Waals surface area contributed by atoms with Crippen LogP contribution in [0.15, 0.2) is 0 Å². The highest BCUT2D eigenvalue weighted by molar-refractivity contribution is 7.69. The second-order valence-corrected chi connectivity index (χ2v) is 1.79. The normalized spacial score (nSPS) is 10.8. The number of hydrogen-bond donors (Lipinski definition) is 2. The molecular formula is H2O6S2. The lowest BCUT2D eigenvalue weighted by Gasteiger charge is -1.79. The SMILES string of the molecule is O=[SH](=O)OO[SH](=O)=O. The minimum Gasteiger partial charge on any atom is -0.200 e. The van der Waals surface area contributed by atoms with Gasteiger partial charge in [-0.3, -0.25) is 0 Å². The Morgan fingerprint density at radius 2 is 1.00 bits per heavy atom. The van der Waals surface area contributed by atoms with E-state index >= 15 is 0 Å². The van der Waals surface area contributed by atoms with Crippen molar-refractivity contribution in [1.82, 2.24) is 0 Å². The van der Waals surface area contributed by atoms with Gasteiger partial charge in [0.15, 0.2) is 0 Å². The summed E-state index contributed by atoms with van der Waals surface area (Å²) in [4.78, 5) is 0. The third kappa shape index (κ3) is 5.82. The van der Waals surface area contributed by atoms with Crippen LogP contribution in [0, 0.1) is 0 Å². The van der Waals surface area contributed by atoms with Crippen LogP contribution in [0.5, 0.6) is 0 Å². The average Bonchev–Trinajstić information content (AvgIpc) is 1.61. The fourth-order valence-electron chi connectivity index (χ4n) is 0.0544. The highest BCUT2D eigenvalue weighted by atomic mass is 32.2. The maximum absolute atomic E-state index is 9.33. The summed E-state index contributed by atoms with van der Waals surface area (Å²) in [5, 5.41) is 0. The van der Waals surface area contributed by atoms with E-state index in [-0.39, 0.29) is 0 Å². The van der Waals surface area contributed by atoms with E-state index in [4.69, 9.17) is 0 Å². The van der Waals surface area contributed by atoms with Gasteiger partial charge in [-0.2, -0.15) is 0 Å². The second kappa shape index (κ2) is 3.78. The third-order valence-corrected chi connectivity index (χ3v) is 0.665. The molecule has 0 aliphatic rings. The molecule has 0 N–H and O–H groups in total. The van der Waals surface area contributed by atoms with Gasteiger partial charge in [-0.25, -0.2) is 16.8 Å². The molecule has 0 spiro atoms. The molecule has 0 aromatic carbocycles. The number of thiol groups is 2. The van der Waals surface area contributed by atoms with Crippen LogP contribution in [0.1, 0.15) is 0 Å². The quantitative estimate of drug-likeness (QED) is 0.283. The predicted molar refractivity (Wildman–Crippen MR) is 22.8 cm³/mol. The van der Waals surface area contributed by atoms with Crippen molar-refractivity contribution in [2.24, 2.45) is 0 Å². The topological polar surface area (TPSA) is 86.7 Å². The molecule has 0 bridgehead atoms. The van der Waals surface area contributed by atoms with E-state index in [2.05, 4.69) is 8.67 Å². The highest BCUT2D eigenvalue weighted by Gasteiger charge is 1.85. The van der Waals surface area contributed by atoms with Gasteiger partial charge in [0.25, 0.3) is 22.0 Å². The minimum absolute atomic E-state index is 3.16. The van der Waals surface area contributed by atoms with Crippen LogP contribution in [0.4, 0.5) is 0 Å². The molecular weight excluding hydrogens is 160 g/mol. The molecule has 0 aliphatic heterocycles. The summed E-state index contributed by atoms with van der Waals surface area (Å²) in [5.74, 6) is 0. The van der Waals surface area contributed by atoms with Gasteiger partial charge in [-0.05, 0) is 0 Å². The zero-order chi connectivity index (χ0) is 6.57. The van der Waals surface area contributed by atoms with Crippen molar-refractivity contribution in [2.75, 3.05) is 0 Å². The Hall–Kier alpha value is -0.180. The van der Waals surface area contributed by atoms with E-state index in [0.717, 1.165) is 0 Å². The molecule has 0 saturated carbocycles. The van der Waals surface area contributed by atoms with E-state index in [1.807, 2.05) is 0 Å². The third-order valence-electron chi connectivity index (χ3n) is 0.155. The van der Waals surface area contributed by atoms with Crippen molar-refractivity contribution in [3.05, 3.63) is 0 Å². The van der Waals surface area contributed by atoms with Crippen LogP contribution in [-0.2, 0) is 30.6 Å². The van der Waals surface area contributed by atoms with Gasteiger partial charge >= 0.3 is 0 Å². The van der Waals surface area contributed by atoms with Crippen molar-refractivity contribution in [3.63, 3.8) is 0 Å². The summed E-state index contributed by atoms with van der Waals surface area (Å²) in [6.07, 6.45) is 0. The summed E-state index contributed by atoms with van der Waals surface area (Å²) >= 11 is 0. The van der Waals surface area contributed by atoms with Gasteiger partial charge in [0.05, 0.1) is 0 Å².